The molecule has 0 aromatic carbocycles. The number of rotatable bonds is 5. The number of nitrogens with one attached hydrogen (secondary N) is 1. The maximum atomic E-state index is 11.9. The van der Waals surface area contributed by atoms with E-state index in [0.29, 0.717) is 12.1 Å². The molecule has 2 atom stereocenters. The fraction of sp³-hybridized carbons (Fsp3) is 0.933. The van der Waals surface area contributed by atoms with Crippen molar-refractivity contribution in [2.45, 2.75) is 56.7 Å². The molecule has 3 aliphatic rings. The molecule has 3 fully saturated rings. The number of hydrogen-bond donors (Lipinski definition) is 2. The number of primary amides is 1. The van der Waals surface area contributed by atoms with Gasteiger partial charge in [-0.25, -0.2) is 0 Å². The SMILES string of the molecule is CC(CN1CCCN2CCCC2C1)(NC1CC1)C(N)=O. The summed E-state index contributed by atoms with van der Waals surface area (Å²) in [4.78, 5) is 17.0. The summed E-state index contributed by atoms with van der Waals surface area (Å²) in [5.41, 5.74) is 5.10. The van der Waals surface area contributed by atoms with E-state index in [1.165, 1.54) is 45.2 Å². The highest BCUT2D eigenvalue weighted by Crippen LogP contribution is 2.25. The molecule has 2 heterocycles. The molecule has 1 saturated carbocycles. The molecule has 3 rings (SSSR count). The number of carbonyl (C=O) groups is 1. The minimum Gasteiger partial charge on any atom is -0.368 e. The van der Waals surface area contributed by atoms with Crippen LogP contribution in [0, 0.1) is 0 Å². The van der Waals surface area contributed by atoms with E-state index < -0.39 is 5.54 Å². The molecule has 0 bridgehead atoms. The Balaban J connectivity index is 1.63. The number of nitrogens with two attached hydrogens (primary N) is 1. The first-order chi connectivity index (χ1) is 9.57. The van der Waals surface area contributed by atoms with Crippen LogP contribution in [0.2, 0.25) is 0 Å². The Hall–Kier alpha value is -0.650. The first-order valence-electron chi connectivity index (χ1n) is 8.11. The molecule has 0 aromatic rings. The van der Waals surface area contributed by atoms with Crippen molar-refractivity contribution < 1.29 is 4.79 Å². The van der Waals surface area contributed by atoms with Crippen molar-refractivity contribution >= 4 is 5.91 Å². The van der Waals surface area contributed by atoms with Crippen LogP contribution in [-0.2, 0) is 4.79 Å². The van der Waals surface area contributed by atoms with Crippen molar-refractivity contribution in [3.8, 4) is 0 Å². The molecule has 0 aromatic heterocycles. The lowest BCUT2D eigenvalue weighted by Gasteiger charge is -2.35. The molecule has 20 heavy (non-hydrogen) atoms. The zero-order chi connectivity index (χ0) is 14.2. The lowest BCUT2D eigenvalue weighted by atomic mass is 10.00. The predicted molar refractivity (Wildman–Crippen MR) is 79.4 cm³/mol. The standard InChI is InChI=1S/C15H28N4O/c1-15(14(16)20,17-12-5-6-12)11-18-7-3-9-19-8-2-4-13(19)10-18/h12-13,17H,2-11H2,1H3,(H2,16,20). The smallest absolute Gasteiger partial charge is 0.238 e. The van der Waals surface area contributed by atoms with Crippen molar-refractivity contribution in [2.75, 3.05) is 32.7 Å². The van der Waals surface area contributed by atoms with Crippen LogP contribution in [0.3, 0.4) is 0 Å². The molecule has 3 N–H and O–H groups in total. The monoisotopic (exact) mass is 280 g/mol. The normalized spacial score (nSPS) is 31.6. The van der Waals surface area contributed by atoms with E-state index in [-0.39, 0.29) is 5.91 Å². The number of fused-ring (bicyclic) bond motifs is 1. The van der Waals surface area contributed by atoms with Crippen LogP contribution in [0.15, 0.2) is 0 Å². The zero-order valence-electron chi connectivity index (χ0n) is 12.6. The van der Waals surface area contributed by atoms with Crippen molar-refractivity contribution in [3.63, 3.8) is 0 Å². The number of nitrogens with zero attached hydrogens (tertiary/aromatic N) is 2. The Morgan fingerprint density at radius 1 is 1.25 bits per heavy atom. The van der Waals surface area contributed by atoms with Crippen molar-refractivity contribution in [1.82, 2.24) is 15.1 Å². The van der Waals surface area contributed by atoms with Crippen molar-refractivity contribution in [1.29, 1.82) is 0 Å². The molecule has 0 radical (unpaired) electrons. The van der Waals surface area contributed by atoms with Gasteiger partial charge in [0.2, 0.25) is 5.91 Å². The lowest BCUT2D eigenvalue weighted by molar-refractivity contribution is -0.124. The highest BCUT2D eigenvalue weighted by molar-refractivity contribution is 5.84. The molecule has 0 spiro atoms. The second-order valence-electron chi connectivity index (χ2n) is 7.04. The van der Waals surface area contributed by atoms with Gasteiger partial charge in [0.1, 0.15) is 5.54 Å². The molecule has 1 aliphatic carbocycles. The molecular weight excluding hydrogens is 252 g/mol. The van der Waals surface area contributed by atoms with Crippen LogP contribution in [-0.4, -0.2) is 66.1 Å². The average molecular weight is 280 g/mol. The summed E-state index contributed by atoms with van der Waals surface area (Å²) < 4.78 is 0. The summed E-state index contributed by atoms with van der Waals surface area (Å²) in [6.07, 6.45) is 6.19. The second-order valence-corrected chi connectivity index (χ2v) is 7.04. The van der Waals surface area contributed by atoms with Gasteiger partial charge in [0.25, 0.3) is 0 Å². The summed E-state index contributed by atoms with van der Waals surface area (Å²) in [5, 5.41) is 3.46. The van der Waals surface area contributed by atoms with E-state index in [9.17, 15) is 4.79 Å². The van der Waals surface area contributed by atoms with Gasteiger partial charge in [0, 0.05) is 25.2 Å². The first-order valence-corrected chi connectivity index (χ1v) is 8.11. The van der Waals surface area contributed by atoms with Crippen LogP contribution >= 0.6 is 0 Å². The van der Waals surface area contributed by atoms with Gasteiger partial charge < -0.3 is 5.73 Å². The van der Waals surface area contributed by atoms with Crippen LogP contribution in [0.5, 0.6) is 0 Å². The molecule has 1 amide bonds. The number of amides is 1. The van der Waals surface area contributed by atoms with Gasteiger partial charge in [-0.15, -0.1) is 0 Å². The van der Waals surface area contributed by atoms with E-state index in [4.69, 9.17) is 5.73 Å². The van der Waals surface area contributed by atoms with E-state index in [2.05, 4.69) is 15.1 Å². The molecule has 2 saturated heterocycles. The summed E-state index contributed by atoms with van der Waals surface area (Å²) in [7, 11) is 0. The summed E-state index contributed by atoms with van der Waals surface area (Å²) in [5.74, 6) is -0.211. The zero-order valence-corrected chi connectivity index (χ0v) is 12.6. The third-order valence-corrected chi connectivity index (χ3v) is 5.07. The Labute approximate surface area is 121 Å². The third kappa shape index (κ3) is 3.15. The van der Waals surface area contributed by atoms with E-state index in [1.807, 2.05) is 6.92 Å². The molecule has 5 heteroatoms. The van der Waals surface area contributed by atoms with Gasteiger partial charge in [0.15, 0.2) is 0 Å². The summed E-state index contributed by atoms with van der Waals surface area (Å²) in [6.45, 7) is 7.38. The molecule has 5 nitrogen and oxygen atoms in total. The van der Waals surface area contributed by atoms with Crippen LogP contribution in [0.25, 0.3) is 0 Å². The third-order valence-electron chi connectivity index (χ3n) is 5.07. The van der Waals surface area contributed by atoms with Gasteiger partial charge in [-0.05, 0) is 58.7 Å². The Bertz CT molecular complexity index is 371. The Morgan fingerprint density at radius 2 is 2.00 bits per heavy atom. The quantitative estimate of drug-likeness (QED) is 0.753. The largest absolute Gasteiger partial charge is 0.368 e. The van der Waals surface area contributed by atoms with Crippen molar-refractivity contribution in [3.05, 3.63) is 0 Å². The van der Waals surface area contributed by atoms with E-state index in [1.54, 1.807) is 0 Å². The summed E-state index contributed by atoms with van der Waals surface area (Å²) in [6, 6.07) is 1.19. The van der Waals surface area contributed by atoms with Gasteiger partial charge >= 0.3 is 0 Å². The topological polar surface area (TPSA) is 61.6 Å². The molecule has 2 aliphatic heterocycles. The fourth-order valence-electron chi connectivity index (χ4n) is 3.75. The highest BCUT2D eigenvalue weighted by atomic mass is 16.1. The second kappa shape index (κ2) is 5.62. The minimum absolute atomic E-state index is 0.211. The Kier molecular flexibility index (Phi) is 4.02. The average Bonchev–Trinajstić information content (AvgIpc) is 3.12. The van der Waals surface area contributed by atoms with E-state index >= 15 is 0 Å². The summed E-state index contributed by atoms with van der Waals surface area (Å²) >= 11 is 0. The van der Waals surface area contributed by atoms with Crippen LogP contribution in [0.1, 0.15) is 39.0 Å². The fourth-order valence-corrected chi connectivity index (χ4v) is 3.75. The Morgan fingerprint density at radius 3 is 2.70 bits per heavy atom. The van der Waals surface area contributed by atoms with E-state index in [0.717, 1.165) is 19.6 Å². The highest BCUT2D eigenvalue weighted by Gasteiger charge is 2.39. The maximum Gasteiger partial charge on any atom is 0.238 e. The van der Waals surface area contributed by atoms with Gasteiger partial charge in [0.05, 0.1) is 0 Å². The van der Waals surface area contributed by atoms with Crippen LogP contribution < -0.4 is 11.1 Å². The minimum atomic E-state index is -0.574. The van der Waals surface area contributed by atoms with Crippen LogP contribution in [0.4, 0.5) is 0 Å². The number of carbonyl (C=O) groups excluding carboxylic acids is 1. The lowest BCUT2D eigenvalue weighted by Crippen LogP contribution is -2.60. The molecular formula is C15H28N4O. The van der Waals surface area contributed by atoms with Gasteiger partial charge in [-0.2, -0.15) is 0 Å². The van der Waals surface area contributed by atoms with Gasteiger partial charge in [-0.3, -0.25) is 19.9 Å². The molecule has 2 unspecified atom stereocenters. The van der Waals surface area contributed by atoms with Crippen molar-refractivity contribution in [2.24, 2.45) is 5.73 Å². The maximum absolute atomic E-state index is 11.9. The molecule has 114 valence electrons. The first kappa shape index (κ1) is 14.3. The number of hydrogen-bond acceptors (Lipinski definition) is 4. The predicted octanol–water partition coefficient (Wildman–Crippen LogP) is 0.153. The van der Waals surface area contributed by atoms with Gasteiger partial charge in [-0.1, -0.05) is 0 Å².